The van der Waals surface area contributed by atoms with E-state index in [1.54, 1.807) is 0 Å². The lowest BCUT2D eigenvalue weighted by atomic mass is 10.3. The number of halogens is 2. The van der Waals surface area contributed by atoms with Crippen LogP contribution < -0.4 is 0 Å². The lowest BCUT2D eigenvalue weighted by Crippen LogP contribution is -1.86. The zero-order valence-electron chi connectivity index (χ0n) is 4.25. The van der Waals surface area contributed by atoms with Crippen LogP contribution in [0.5, 0.6) is 0 Å². The first-order valence-corrected chi connectivity index (χ1v) is 3.34. The van der Waals surface area contributed by atoms with Gasteiger partial charge in [-0.1, -0.05) is 6.92 Å². The summed E-state index contributed by atoms with van der Waals surface area (Å²) < 4.78 is 11.4. The summed E-state index contributed by atoms with van der Waals surface area (Å²) in [5.74, 6) is 0.299. The smallest absolute Gasteiger partial charge is 0.168 e. The molecule has 0 nitrogen and oxygen atoms in total. The predicted molar refractivity (Wildman–Crippen MR) is 31.2 cm³/mol. The van der Waals surface area contributed by atoms with Gasteiger partial charge in [-0.2, -0.15) is 0 Å². The van der Waals surface area contributed by atoms with Crippen molar-refractivity contribution < 1.29 is 4.39 Å². The monoisotopic (exact) mass is 166 g/mol. The molecule has 2 heteroatoms. The predicted octanol–water partition coefficient (Wildman–Crippen LogP) is 2.48. The molecule has 2 atom stereocenters. The van der Waals surface area contributed by atoms with Gasteiger partial charge in [0.15, 0.2) is 4.58 Å². The third-order valence-electron chi connectivity index (χ3n) is 1.45. The van der Waals surface area contributed by atoms with Gasteiger partial charge in [-0.15, -0.1) is 0 Å². The highest BCUT2D eigenvalue weighted by Crippen LogP contribution is 2.54. The van der Waals surface area contributed by atoms with Crippen LogP contribution in [0.4, 0.5) is 4.39 Å². The molecule has 1 aliphatic carbocycles. The Balaban J connectivity index is 2.30. The van der Waals surface area contributed by atoms with Crippen LogP contribution in [0.3, 0.4) is 0 Å². The Labute approximate surface area is 51.2 Å². The van der Waals surface area contributed by atoms with Crippen LogP contribution in [0.25, 0.3) is 0 Å². The molecule has 0 aromatic rings. The second-order valence-electron chi connectivity index (χ2n) is 2.07. The van der Waals surface area contributed by atoms with Crippen molar-refractivity contribution in [1.29, 1.82) is 0 Å². The Hall–Kier alpha value is 0.410. The van der Waals surface area contributed by atoms with E-state index in [1.807, 2.05) is 6.92 Å². The Morgan fingerprint density at radius 3 is 2.43 bits per heavy atom. The van der Waals surface area contributed by atoms with Crippen LogP contribution in [-0.2, 0) is 0 Å². The average Bonchev–Trinajstić information content (AvgIpc) is 2.13. The molecule has 7 heavy (non-hydrogen) atoms. The molecule has 0 heterocycles. The van der Waals surface area contributed by atoms with Crippen molar-refractivity contribution in [2.24, 2.45) is 5.92 Å². The van der Waals surface area contributed by atoms with Crippen LogP contribution >= 0.6 is 15.9 Å². The molecule has 1 saturated carbocycles. The Kier molecular flexibility index (Phi) is 1.14. The third-order valence-corrected chi connectivity index (χ3v) is 2.42. The van der Waals surface area contributed by atoms with Gasteiger partial charge in [0.05, 0.1) is 0 Å². The number of hydrogen-bond donors (Lipinski definition) is 0. The van der Waals surface area contributed by atoms with Gasteiger partial charge in [0.25, 0.3) is 0 Å². The van der Waals surface area contributed by atoms with E-state index in [4.69, 9.17) is 0 Å². The number of alkyl halides is 2. The molecule has 0 aromatic heterocycles. The van der Waals surface area contributed by atoms with Gasteiger partial charge in [-0.05, 0) is 28.8 Å². The van der Waals surface area contributed by atoms with Crippen molar-refractivity contribution in [3.8, 4) is 0 Å². The molecule has 0 N–H and O–H groups in total. The number of hydrogen-bond acceptors (Lipinski definition) is 0. The second kappa shape index (κ2) is 1.44. The largest absolute Gasteiger partial charge is 0.231 e. The van der Waals surface area contributed by atoms with Crippen LogP contribution in [0, 0.1) is 5.92 Å². The summed E-state index contributed by atoms with van der Waals surface area (Å²) in [5, 5.41) is 0. The molecule has 1 fully saturated rings. The van der Waals surface area contributed by atoms with Crippen molar-refractivity contribution in [3.05, 3.63) is 0 Å². The molecule has 42 valence electrons. The minimum atomic E-state index is -0.970. The Morgan fingerprint density at radius 1 is 2.00 bits per heavy atom. The minimum absolute atomic E-state index is 0.299. The summed E-state index contributed by atoms with van der Waals surface area (Å²) in [5.41, 5.74) is 0. The molecule has 0 saturated heterocycles. The van der Waals surface area contributed by atoms with E-state index in [1.165, 1.54) is 0 Å². The maximum atomic E-state index is 12.4. The van der Waals surface area contributed by atoms with E-state index < -0.39 is 4.58 Å². The molecule has 0 bridgehead atoms. The van der Waals surface area contributed by atoms with Crippen molar-refractivity contribution in [2.75, 3.05) is 0 Å². The average molecular weight is 167 g/mol. The standard InChI is InChI=1S/C5H8BrF/c1-2-4-3-5(4,6)7/h4H,2-3H2,1H3. The second-order valence-corrected chi connectivity index (χ2v) is 3.39. The first kappa shape index (κ1) is 5.54. The summed E-state index contributed by atoms with van der Waals surface area (Å²) in [6.07, 6.45) is 1.67. The van der Waals surface area contributed by atoms with Crippen LogP contribution in [0.15, 0.2) is 0 Å². The van der Waals surface area contributed by atoms with Gasteiger partial charge in [0.1, 0.15) is 0 Å². The first-order valence-electron chi connectivity index (χ1n) is 2.54. The fourth-order valence-electron chi connectivity index (χ4n) is 0.713. The fourth-order valence-corrected chi connectivity index (χ4v) is 1.43. The molecule has 0 aliphatic heterocycles. The normalized spacial score (nSPS) is 49.3. The summed E-state index contributed by atoms with van der Waals surface area (Å²) in [7, 11) is 0. The van der Waals surface area contributed by atoms with Crippen LogP contribution in [0.2, 0.25) is 0 Å². The molecular formula is C5H8BrF. The van der Waals surface area contributed by atoms with Crippen molar-refractivity contribution in [1.82, 2.24) is 0 Å². The highest BCUT2D eigenvalue weighted by molar-refractivity contribution is 9.10. The Bertz CT molecular complexity index is 80.1. The zero-order chi connectivity index (χ0) is 5.49. The van der Waals surface area contributed by atoms with Gasteiger partial charge < -0.3 is 0 Å². The highest BCUT2D eigenvalue weighted by atomic mass is 79.9. The fraction of sp³-hybridized carbons (Fsp3) is 1.00. The maximum absolute atomic E-state index is 12.4. The SMILES string of the molecule is CCC1CC1(F)Br. The lowest BCUT2D eigenvalue weighted by Gasteiger charge is -1.89. The van der Waals surface area contributed by atoms with E-state index in [0.29, 0.717) is 12.3 Å². The lowest BCUT2D eigenvalue weighted by molar-refractivity contribution is 0.410. The quantitative estimate of drug-likeness (QED) is 0.526. The molecular weight excluding hydrogens is 159 g/mol. The van der Waals surface area contributed by atoms with E-state index in [2.05, 4.69) is 15.9 Å². The van der Waals surface area contributed by atoms with E-state index in [0.717, 1.165) is 6.42 Å². The summed E-state index contributed by atoms with van der Waals surface area (Å²) >= 11 is 2.95. The zero-order valence-corrected chi connectivity index (χ0v) is 5.83. The van der Waals surface area contributed by atoms with Gasteiger partial charge in [0, 0.05) is 5.92 Å². The molecule has 1 rings (SSSR count). The van der Waals surface area contributed by atoms with Gasteiger partial charge >= 0.3 is 0 Å². The van der Waals surface area contributed by atoms with Crippen LogP contribution in [0.1, 0.15) is 19.8 Å². The summed E-state index contributed by atoms with van der Waals surface area (Å²) in [6.45, 7) is 2.01. The minimum Gasteiger partial charge on any atom is -0.231 e. The first-order chi connectivity index (χ1) is 3.17. The molecule has 0 radical (unpaired) electrons. The van der Waals surface area contributed by atoms with E-state index >= 15 is 0 Å². The summed E-state index contributed by atoms with van der Waals surface area (Å²) in [6, 6.07) is 0. The van der Waals surface area contributed by atoms with E-state index in [9.17, 15) is 4.39 Å². The molecule has 0 amide bonds. The van der Waals surface area contributed by atoms with Crippen molar-refractivity contribution in [3.63, 3.8) is 0 Å². The maximum Gasteiger partial charge on any atom is 0.168 e. The van der Waals surface area contributed by atoms with Crippen molar-refractivity contribution >= 4 is 15.9 Å². The van der Waals surface area contributed by atoms with Crippen molar-refractivity contribution in [2.45, 2.75) is 24.3 Å². The summed E-state index contributed by atoms with van der Waals surface area (Å²) in [4.78, 5) is 0. The Morgan fingerprint density at radius 2 is 2.43 bits per heavy atom. The van der Waals surface area contributed by atoms with Crippen LogP contribution in [-0.4, -0.2) is 4.58 Å². The molecule has 0 spiro atoms. The van der Waals surface area contributed by atoms with E-state index in [-0.39, 0.29) is 0 Å². The van der Waals surface area contributed by atoms with Gasteiger partial charge in [0.2, 0.25) is 0 Å². The number of rotatable bonds is 1. The van der Waals surface area contributed by atoms with Gasteiger partial charge in [-0.3, -0.25) is 0 Å². The van der Waals surface area contributed by atoms with Gasteiger partial charge in [-0.25, -0.2) is 4.39 Å². The third kappa shape index (κ3) is 0.958. The highest BCUT2D eigenvalue weighted by Gasteiger charge is 2.51. The molecule has 2 unspecified atom stereocenters. The molecule has 0 aromatic carbocycles. The topological polar surface area (TPSA) is 0 Å². The molecule has 1 aliphatic rings.